The van der Waals surface area contributed by atoms with Crippen molar-refractivity contribution in [3.63, 3.8) is 0 Å². The number of likely N-dealkylation sites (tertiary alicyclic amines) is 1. The molecule has 16 heavy (non-hydrogen) atoms. The van der Waals surface area contributed by atoms with Gasteiger partial charge in [-0.3, -0.25) is 0 Å². The highest BCUT2D eigenvalue weighted by Gasteiger charge is 2.36. The molecule has 1 N–H and O–H groups in total. The topological polar surface area (TPSA) is 15.3 Å². The minimum absolute atomic E-state index is 0.632. The largest absolute Gasteiger partial charge is 0.316 e. The van der Waals surface area contributed by atoms with Crippen LogP contribution in [0.4, 0.5) is 0 Å². The summed E-state index contributed by atoms with van der Waals surface area (Å²) in [5.41, 5.74) is 0.632. The maximum atomic E-state index is 3.60. The van der Waals surface area contributed by atoms with Crippen molar-refractivity contribution in [2.45, 2.75) is 46.0 Å². The first kappa shape index (κ1) is 12.4. The predicted octanol–water partition coefficient (Wildman–Crippen LogP) is 2.50. The summed E-state index contributed by atoms with van der Waals surface area (Å²) < 4.78 is 0. The first-order valence-electron chi connectivity index (χ1n) is 7.13. The fourth-order valence-electron chi connectivity index (χ4n) is 3.32. The standard InChI is InChI=1S/C14H28N2/c1-13(2)5-10-16-9-4-7-14(12-16)6-3-8-15-11-14/h13,15H,3-12H2,1-2H3. The summed E-state index contributed by atoms with van der Waals surface area (Å²) in [4.78, 5) is 2.72. The average Bonchev–Trinajstić information content (AvgIpc) is 2.28. The second-order valence-electron chi connectivity index (χ2n) is 6.34. The second-order valence-corrected chi connectivity index (χ2v) is 6.34. The van der Waals surface area contributed by atoms with Gasteiger partial charge in [-0.1, -0.05) is 13.8 Å². The van der Waals surface area contributed by atoms with Gasteiger partial charge in [0.25, 0.3) is 0 Å². The van der Waals surface area contributed by atoms with Crippen LogP contribution in [0.25, 0.3) is 0 Å². The maximum Gasteiger partial charge on any atom is 0.00502 e. The van der Waals surface area contributed by atoms with E-state index in [9.17, 15) is 0 Å². The average molecular weight is 224 g/mol. The van der Waals surface area contributed by atoms with Crippen LogP contribution in [0.2, 0.25) is 0 Å². The zero-order valence-electron chi connectivity index (χ0n) is 11.1. The number of nitrogens with one attached hydrogen (secondary N) is 1. The molecule has 2 nitrogen and oxygen atoms in total. The lowest BCUT2D eigenvalue weighted by Crippen LogP contribution is -2.51. The molecule has 0 aromatic rings. The van der Waals surface area contributed by atoms with E-state index in [4.69, 9.17) is 0 Å². The lowest BCUT2D eigenvalue weighted by molar-refractivity contribution is 0.0620. The first-order valence-corrected chi connectivity index (χ1v) is 7.13. The predicted molar refractivity (Wildman–Crippen MR) is 69.7 cm³/mol. The Hall–Kier alpha value is -0.0800. The third-order valence-electron chi connectivity index (χ3n) is 4.32. The third kappa shape index (κ3) is 3.21. The molecule has 2 heterocycles. The number of hydrogen-bond acceptors (Lipinski definition) is 2. The van der Waals surface area contributed by atoms with Crippen LogP contribution < -0.4 is 5.32 Å². The van der Waals surface area contributed by atoms with E-state index in [0.717, 1.165) is 5.92 Å². The molecule has 1 unspecified atom stereocenters. The van der Waals surface area contributed by atoms with Crippen molar-refractivity contribution in [3.05, 3.63) is 0 Å². The van der Waals surface area contributed by atoms with Crippen molar-refractivity contribution >= 4 is 0 Å². The van der Waals surface area contributed by atoms with Gasteiger partial charge in [0.2, 0.25) is 0 Å². The molecule has 1 spiro atoms. The van der Waals surface area contributed by atoms with Crippen molar-refractivity contribution in [1.82, 2.24) is 10.2 Å². The molecule has 2 heteroatoms. The second kappa shape index (κ2) is 5.50. The number of rotatable bonds is 3. The van der Waals surface area contributed by atoms with Gasteiger partial charge < -0.3 is 10.2 Å². The third-order valence-corrected chi connectivity index (χ3v) is 4.32. The molecule has 2 fully saturated rings. The van der Waals surface area contributed by atoms with Crippen molar-refractivity contribution in [2.24, 2.45) is 11.3 Å². The maximum absolute atomic E-state index is 3.60. The number of hydrogen-bond donors (Lipinski definition) is 1. The van der Waals surface area contributed by atoms with Crippen LogP contribution in [-0.2, 0) is 0 Å². The summed E-state index contributed by atoms with van der Waals surface area (Å²) in [6, 6.07) is 0. The van der Waals surface area contributed by atoms with Crippen LogP contribution in [0, 0.1) is 11.3 Å². The molecule has 2 saturated heterocycles. The summed E-state index contributed by atoms with van der Waals surface area (Å²) in [5, 5.41) is 3.60. The van der Waals surface area contributed by atoms with E-state index in [1.54, 1.807) is 0 Å². The lowest BCUT2D eigenvalue weighted by atomic mass is 9.74. The van der Waals surface area contributed by atoms with Gasteiger partial charge >= 0.3 is 0 Å². The molecule has 2 aliphatic heterocycles. The van der Waals surface area contributed by atoms with Crippen LogP contribution in [0.5, 0.6) is 0 Å². The van der Waals surface area contributed by atoms with Gasteiger partial charge in [0, 0.05) is 13.1 Å². The van der Waals surface area contributed by atoms with Gasteiger partial charge in [-0.15, -0.1) is 0 Å². The van der Waals surface area contributed by atoms with Crippen LogP contribution >= 0.6 is 0 Å². The molecule has 0 aliphatic carbocycles. The monoisotopic (exact) mass is 224 g/mol. The Bertz CT molecular complexity index is 201. The molecule has 1 atom stereocenters. The van der Waals surface area contributed by atoms with Gasteiger partial charge in [-0.05, 0) is 63.1 Å². The fourth-order valence-corrected chi connectivity index (χ4v) is 3.32. The van der Waals surface area contributed by atoms with Crippen LogP contribution in [0.3, 0.4) is 0 Å². The zero-order chi connectivity index (χ0) is 11.4. The highest BCUT2D eigenvalue weighted by Crippen LogP contribution is 2.35. The van der Waals surface area contributed by atoms with Gasteiger partial charge in [-0.2, -0.15) is 0 Å². The minimum Gasteiger partial charge on any atom is -0.316 e. The first-order chi connectivity index (χ1) is 7.70. The van der Waals surface area contributed by atoms with E-state index in [1.165, 1.54) is 64.8 Å². The van der Waals surface area contributed by atoms with Crippen molar-refractivity contribution in [2.75, 3.05) is 32.7 Å². The van der Waals surface area contributed by atoms with Crippen LogP contribution in [0.1, 0.15) is 46.0 Å². The molecule has 94 valence electrons. The van der Waals surface area contributed by atoms with E-state index in [0.29, 0.717) is 5.41 Å². The highest BCUT2D eigenvalue weighted by atomic mass is 15.1. The molecule has 0 saturated carbocycles. The van der Waals surface area contributed by atoms with Crippen LogP contribution in [-0.4, -0.2) is 37.6 Å². The Morgan fingerprint density at radius 2 is 2.06 bits per heavy atom. The van der Waals surface area contributed by atoms with Crippen molar-refractivity contribution in [1.29, 1.82) is 0 Å². The Morgan fingerprint density at radius 3 is 2.75 bits per heavy atom. The van der Waals surface area contributed by atoms with Crippen molar-refractivity contribution in [3.8, 4) is 0 Å². The number of nitrogens with zero attached hydrogens (tertiary/aromatic N) is 1. The molecule has 0 radical (unpaired) electrons. The summed E-state index contributed by atoms with van der Waals surface area (Å²) in [5.74, 6) is 0.849. The summed E-state index contributed by atoms with van der Waals surface area (Å²) in [7, 11) is 0. The SMILES string of the molecule is CC(C)CCN1CCCC2(CCCNC2)C1. The van der Waals surface area contributed by atoms with Gasteiger partial charge in [0.15, 0.2) is 0 Å². The van der Waals surface area contributed by atoms with Gasteiger partial charge in [0.05, 0.1) is 0 Å². The Morgan fingerprint density at radius 1 is 1.25 bits per heavy atom. The normalized spacial score (nSPS) is 32.4. The fraction of sp³-hybridized carbons (Fsp3) is 1.00. The summed E-state index contributed by atoms with van der Waals surface area (Å²) in [6.45, 7) is 11.2. The lowest BCUT2D eigenvalue weighted by Gasteiger charge is -2.45. The molecule has 0 aromatic carbocycles. The molecule has 0 amide bonds. The van der Waals surface area contributed by atoms with Gasteiger partial charge in [0.1, 0.15) is 0 Å². The van der Waals surface area contributed by atoms with E-state index < -0.39 is 0 Å². The van der Waals surface area contributed by atoms with E-state index in [1.807, 2.05) is 0 Å². The van der Waals surface area contributed by atoms with E-state index in [2.05, 4.69) is 24.1 Å². The minimum atomic E-state index is 0.632. The quantitative estimate of drug-likeness (QED) is 0.792. The van der Waals surface area contributed by atoms with Gasteiger partial charge in [-0.25, -0.2) is 0 Å². The smallest absolute Gasteiger partial charge is 0.00502 e. The Labute approximate surface area is 101 Å². The molecular weight excluding hydrogens is 196 g/mol. The van der Waals surface area contributed by atoms with E-state index in [-0.39, 0.29) is 0 Å². The van der Waals surface area contributed by atoms with Crippen molar-refractivity contribution < 1.29 is 0 Å². The molecule has 2 aliphatic rings. The molecule has 0 aromatic heterocycles. The Kier molecular flexibility index (Phi) is 4.26. The van der Waals surface area contributed by atoms with E-state index >= 15 is 0 Å². The van der Waals surface area contributed by atoms with Crippen LogP contribution in [0.15, 0.2) is 0 Å². The summed E-state index contributed by atoms with van der Waals surface area (Å²) >= 11 is 0. The highest BCUT2D eigenvalue weighted by molar-refractivity contribution is 4.91. The Balaban J connectivity index is 1.83. The summed E-state index contributed by atoms with van der Waals surface area (Å²) in [6.07, 6.45) is 7.08. The number of piperidine rings is 2. The molecule has 2 rings (SSSR count). The molecular formula is C14H28N2. The molecule has 0 bridgehead atoms. The zero-order valence-corrected chi connectivity index (χ0v) is 11.1.